The van der Waals surface area contributed by atoms with Crippen LogP contribution in [0.3, 0.4) is 0 Å². The maximum Gasteiger partial charge on any atom is 0.231 e. The third-order valence-electron chi connectivity index (χ3n) is 4.94. The van der Waals surface area contributed by atoms with Crippen molar-refractivity contribution in [3.05, 3.63) is 48.6 Å². The molecule has 11 heteroatoms. The molecular formula is C19H18N8O2S. The lowest BCUT2D eigenvalue weighted by Crippen LogP contribution is -2.41. The Balaban J connectivity index is 1.26. The van der Waals surface area contributed by atoms with Gasteiger partial charge in [0, 0.05) is 25.2 Å². The van der Waals surface area contributed by atoms with E-state index in [0.29, 0.717) is 23.9 Å². The number of carbonyl (C=O) groups excluding carboxylic acids is 1. The summed E-state index contributed by atoms with van der Waals surface area (Å²) in [6.07, 6.45) is 6.22. The van der Waals surface area contributed by atoms with Gasteiger partial charge in [-0.3, -0.25) is 10.1 Å². The van der Waals surface area contributed by atoms with E-state index in [1.807, 2.05) is 23.6 Å². The number of anilines is 2. The molecule has 1 unspecified atom stereocenters. The number of piperidine rings is 1. The molecule has 1 aliphatic rings. The fraction of sp³-hybridized carbons (Fsp3) is 0.263. The monoisotopic (exact) mass is 422 g/mol. The van der Waals surface area contributed by atoms with Crippen molar-refractivity contribution in [3.63, 3.8) is 0 Å². The summed E-state index contributed by atoms with van der Waals surface area (Å²) in [6.45, 7) is 1.38. The largest absolute Gasteiger partial charge is 0.356 e. The zero-order chi connectivity index (χ0) is 20.3. The van der Waals surface area contributed by atoms with Crippen LogP contribution in [0.5, 0.6) is 0 Å². The lowest BCUT2D eigenvalue weighted by Gasteiger charge is -2.32. The second kappa shape index (κ2) is 8.03. The van der Waals surface area contributed by atoms with Crippen LogP contribution in [0.4, 0.5) is 11.7 Å². The van der Waals surface area contributed by atoms with Gasteiger partial charge in [-0.1, -0.05) is 11.2 Å². The molecule has 10 nitrogen and oxygen atoms in total. The molecule has 152 valence electrons. The number of hydrogen-bond acceptors (Lipinski definition) is 9. The second-order valence-corrected chi connectivity index (χ2v) is 7.85. The van der Waals surface area contributed by atoms with Gasteiger partial charge in [-0.25, -0.2) is 19.6 Å². The Morgan fingerprint density at radius 1 is 1.23 bits per heavy atom. The molecule has 1 atom stereocenters. The predicted molar refractivity (Wildman–Crippen MR) is 110 cm³/mol. The van der Waals surface area contributed by atoms with E-state index < -0.39 is 0 Å². The van der Waals surface area contributed by atoms with Crippen LogP contribution in [0.15, 0.2) is 53.2 Å². The minimum absolute atomic E-state index is 0.0841. The van der Waals surface area contributed by atoms with Gasteiger partial charge >= 0.3 is 0 Å². The molecule has 4 aromatic rings. The summed E-state index contributed by atoms with van der Waals surface area (Å²) in [7, 11) is 0. The molecule has 0 bridgehead atoms. The quantitative estimate of drug-likeness (QED) is 0.522. The van der Waals surface area contributed by atoms with Crippen molar-refractivity contribution in [3.8, 4) is 16.4 Å². The van der Waals surface area contributed by atoms with Gasteiger partial charge in [-0.05, 0) is 24.3 Å². The molecular weight excluding hydrogens is 404 g/mol. The first-order valence-electron chi connectivity index (χ1n) is 9.50. The third-order valence-corrected chi connectivity index (χ3v) is 5.83. The molecule has 0 radical (unpaired) electrons. The van der Waals surface area contributed by atoms with Gasteiger partial charge in [-0.15, -0.1) is 11.3 Å². The van der Waals surface area contributed by atoms with E-state index in [4.69, 9.17) is 4.52 Å². The Labute approximate surface area is 175 Å². The maximum atomic E-state index is 12.8. The number of rotatable bonds is 5. The summed E-state index contributed by atoms with van der Waals surface area (Å²) in [5.74, 6) is 1.48. The van der Waals surface area contributed by atoms with Gasteiger partial charge in [0.25, 0.3) is 0 Å². The molecule has 1 fully saturated rings. The predicted octanol–water partition coefficient (Wildman–Crippen LogP) is 2.63. The summed E-state index contributed by atoms with van der Waals surface area (Å²) in [6, 6.07) is 7.51. The fourth-order valence-corrected chi connectivity index (χ4v) is 4.14. The highest BCUT2D eigenvalue weighted by Crippen LogP contribution is 2.27. The highest BCUT2D eigenvalue weighted by Gasteiger charge is 2.27. The Bertz CT molecular complexity index is 1130. The van der Waals surface area contributed by atoms with Gasteiger partial charge in [0.15, 0.2) is 5.82 Å². The van der Waals surface area contributed by atoms with Gasteiger partial charge in [0.05, 0.1) is 10.8 Å². The minimum atomic E-state index is -0.182. The first-order chi connectivity index (χ1) is 14.8. The van der Waals surface area contributed by atoms with E-state index in [2.05, 4.69) is 35.4 Å². The summed E-state index contributed by atoms with van der Waals surface area (Å²) in [5.41, 5.74) is 0.715. The molecule has 1 amide bonds. The number of thiophene rings is 1. The summed E-state index contributed by atoms with van der Waals surface area (Å²) in [4.78, 5) is 28.5. The molecule has 30 heavy (non-hydrogen) atoms. The Kier molecular flexibility index (Phi) is 4.93. The zero-order valence-electron chi connectivity index (χ0n) is 15.9. The zero-order valence-corrected chi connectivity index (χ0v) is 16.7. The van der Waals surface area contributed by atoms with Crippen LogP contribution in [0.25, 0.3) is 16.4 Å². The van der Waals surface area contributed by atoms with Crippen LogP contribution in [0, 0.1) is 5.92 Å². The van der Waals surface area contributed by atoms with E-state index in [1.54, 1.807) is 28.4 Å². The Morgan fingerprint density at radius 3 is 3.00 bits per heavy atom. The molecule has 1 N–H and O–H groups in total. The van der Waals surface area contributed by atoms with Crippen LogP contribution in [0.1, 0.15) is 12.8 Å². The molecule has 4 aromatic heterocycles. The van der Waals surface area contributed by atoms with Crippen LogP contribution in [-0.4, -0.2) is 48.9 Å². The van der Waals surface area contributed by atoms with Crippen molar-refractivity contribution in [2.45, 2.75) is 12.8 Å². The average molecular weight is 422 g/mol. The van der Waals surface area contributed by atoms with E-state index in [1.165, 1.54) is 12.7 Å². The maximum absolute atomic E-state index is 12.8. The smallest absolute Gasteiger partial charge is 0.231 e. The molecule has 0 aromatic carbocycles. The SMILES string of the molecule is O=C(Nc1cc(-c2cccs2)no1)C1CCCN(c2cc(-n3cncn3)ncn2)C1. The number of carbonyl (C=O) groups is 1. The van der Waals surface area contributed by atoms with Gasteiger partial charge in [0.1, 0.15) is 30.5 Å². The fourth-order valence-electron chi connectivity index (χ4n) is 3.46. The van der Waals surface area contributed by atoms with Crippen LogP contribution < -0.4 is 10.2 Å². The number of nitrogens with one attached hydrogen (secondary N) is 1. The molecule has 0 saturated carbocycles. The molecule has 0 aliphatic carbocycles. The van der Waals surface area contributed by atoms with Crippen molar-refractivity contribution in [1.82, 2.24) is 29.9 Å². The van der Waals surface area contributed by atoms with Crippen LogP contribution >= 0.6 is 11.3 Å². The highest BCUT2D eigenvalue weighted by atomic mass is 32.1. The van der Waals surface area contributed by atoms with Gasteiger partial charge in [0.2, 0.25) is 11.8 Å². The second-order valence-electron chi connectivity index (χ2n) is 6.90. The molecule has 5 heterocycles. The Morgan fingerprint density at radius 2 is 2.17 bits per heavy atom. The normalized spacial score (nSPS) is 16.5. The number of aromatic nitrogens is 6. The van der Waals surface area contributed by atoms with E-state index in [-0.39, 0.29) is 11.8 Å². The van der Waals surface area contributed by atoms with Crippen molar-refractivity contribution >= 4 is 28.9 Å². The number of hydrogen-bond donors (Lipinski definition) is 1. The molecule has 1 saturated heterocycles. The first kappa shape index (κ1) is 18.4. The van der Waals surface area contributed by atoms with Crippen LogP contribution in [0.2, 0.25) is 0 Å². The molecule has 1 aliphatic heterocycles. The summed E-state index contributed by atoms with van der Waals surface area (Å²) < 4.78 is 6.87. The standard InChI is InChI=1S/C19H18N8O2S/c28-19(24-18-7-14(25-29-18)15-4-2-6-30-15)13-3-1-5-26(9-13)16-8-17(22-11-21-16)27-12-20-10-23-27/h2,4,6-8,10-13H,1,3,5,9H2,(H,24,28). The Hall–Kier alpha value is -3.60. The van der Waals surface area contributed by atoms with Crippen molar-refractivity contribution in [2.75, 3.05) is 23.3 Å². The van der Waals surface area contributed by atoms with Gasteiger partial charge in [-0.2, -0.15) is 5.10 Å². The highest BCUT2D eigenvalue weighted by molar-refractivity contribution is 7.13. The van der Waals surface area contributed by atoms with Crippen molar-refractivity contribution in [2.24, 2.45) is 5.92 Å². The lowest BCUT2D eigenvalue weighted by atomic mass is 9.97. The lowest BCUT2D eigenvalue weighted by molar-refractivity contribution is -0.120. The van der Waals surface area contributed by atoms with Crippen molar-refractivity contribution in [1.29, 1.82) is 0 Å². The van der Waals surface area contributed by atoms with E-state index >= 15 is 0 Å². The number of amides is 1. The van der Waals surface area contributed by atoms with Gasteiger partial charge < -0.3 is 9.42 Å². The van der Waals surface area contributed by atoms with Crippen molar-refractivity contribution < 1.29 is 9.32 Å². The average Bonchev–Trinajstić information content (AvgIpc) is 3.56. The van der Waals surface area contributed by atoms with E-state index in [9.17, 15) is 4.79 Å². The van der Waals surface area contributed by atoms with Crippen LogP contribution in [-0.2, 0) is 4.79 Å². The minimum Gasteiger partial charge on any atom is -0.356 e. The topological polar surface area (TPSA) is 115 Å². The summed E-state index contributed by atoms with van der Waals surface area (Å²) >= 11 is 1.57. The third kappa shape index (κ3) is 3.79. The molecule has 5 rings (SSSR count). The number of nitrogens with zero attached hydrogens (tertiary/aromatic N) is 7. The van der Waals surface area contributed by atoms with E-state index in [0.717, 1.165) is 30.1 Å². The first-order valence-corrected chi connectivity index (χ1v) is 10.4. The summed E-state index contributed by atoms with van der Waals surface area (Å²) in [5, 5.41) is 13.0. The molecule has 0 spiro atoms.